The molecule has 7 nitrogen and oxygen atoms in total. The van der Waals surface area contributed by atoms with Crippen LogP contribution in [0.25, 0.3) is 22.0 Å². The maximum atomic E-state index is 11.6. The second kappa shape index (κ2) is 5.96. The number of phenolic OH excluding ortho intramolecular Hbond substituents is 1. The zero-order chi connectivity index (χ0) is 17.3. The van der Waals surface area contributed by atoms with Gasteiger partial charge in [0.1, 0.15) is 5.75 Å². The molecular weight excluding hydrogens is 312 g/mol. The van der Waals surface area contributed by atoms with Gasteiger partial charge in [0.05, 0.1) is 23.2 Å². The molecule has 24 heavy (non-hydrogen) atoms. The number of carbonyl (C=O) groups is 1. The summed E-state index contributed by atoms with van der Waals surface area (Å²) < 4.78 is 4.62. The minimum absolute atomic E-state index is 0.101. The Hall–Kier alpha value is -3.48. The highest BCUT2D eigenvalue weighted by molar-refractivity contribution is 5.99. The number of phenols is 1. The number of rotatable bonds is 3. The molecule has 3 rings (SSSR count). The molecule has 0 amide bonds. The molecule has 0 spiro atoms. The Morgan fingerprint density at radius 3 is 2.58 bits per heavy atom. The summed E-state index contributed by atoms with van der Waals surface area (Å²) in [6, 6.07) is 10.6. The summed E-state index contributed by atoms with van der Waals surface area (Å²) >= 11 is 0. The molecule has 0 radical (unpaired) electrons. The number of hydrogen-bond donors (Lipinski definition) is 1. The average molecular weight is 324 g/mol. The van der Waals surface area contributed by atoms with E-state index in [1.165, 1.54) is 31.5 Å². The number of nitro groups is 1. The lowest BCUT2D eigenvalue weighted by molar-refractivity contribution is -0.382. The first-order chi connectivity index (χ1) is 11.5. The van der Waals surface area contributed by atoms with Crippen LogP contribution >= 0.6 is 0 Å². The van der Waals surface area contributed by atoms with Crippen molar-refractivity contribution in [3.05, 3.63) is 64.3 Å². The molecule has 0 bridgehead atoms. The number of fused-ring (bicyclic) bond motifs is 1. The van der Waals surface area contributed by atoms with E-state index >= 15 is 0 Å². The maximum Gasteiger partial charge on any atom is 0.337 e. The molecule has 3 aromatic rings. The quantitative estimate of drug-likeness (QED) is 0.450. The lowest BCUT2D eigenvalue weighted by Gasteiger charge is -2.08. The summed E-state index contributed by atoms with van der Waals surface area (Å²) in [6.45, 7) is 0. The Bertz CT molecular complexity index is 951. The van der Waals surface area contributed by atoms with Crippen LogP contribution in [0.1, 0.15) is 10.4 Å². The number of methoxy groups -OCH3 is 1. The Kier molecular flexibility index (Phi) is 3.83. The molecule has 120 valence electrons. The minimum atomic E-state index is -0.529. The second-order valence-electron chi connectivity index (χ2n) is 5.02. The standard InChI is InChI=1S/C17H12N2O5/c1-24-17(21)11-6-4-10(5-7-11)13-9-14(20)12-3-2-8-18-15(12)16(13)19(22)23/h2-9,20H,1H3. The molecule has 1 heterocycles. The highest BCUT2D eigenvalue weighted by atomic mass is 16.6. The van der Waals surface area contributed by atoms with Crippen molar-refractivity contribution in [1.82, 2.24) is 4.98 Å². The van der Waals surface area contributed by atoms with E-state index in [0.29, 0.717) is 16.5 Å². The molecule has 0 aliphatic carbocycles. The summed E-state index contributed by atoms with van der Waals surface area (Å²) in [5, 5.41) is 22.0. The zero-order valence-electron chi connectivity index (χ0n) is 12.6. The topological polar surface area (TPSA) is 103 Å². The molecule has 0 fully saturated rings. The van der Waals surface area contributed by atoms with Gasteiger partial charge in [-0.2, -0.15) is 0 Å². The fourth-order valence-corrected chi connectivity index (χ4v) is 2.52. The zero-order valence-corrected chi connectivity index (χ0v) is 12.6. The first-order valence-electron chi connectivity index (χ1n) is 6.96. The van der Waals surface area contributed by atoms with Gasteiger partial charge in [0, 0.05) is 11.6 Å². The van der Waals surface area contributed by atoms with Crippen LogP contribution in [0.2, 0.25) is 0 Å². The number of carbonyl (C=O) groups excluding carboxylic acids is 1. The van der Waals surface area contributed by atoms with Gasteiger partial charge >= 0.3 is 11.7 Å². The molecule has 0 aliphatic heterocycles. The van der Waals surface area contributed by atoms with E-state index in [-0.39, 0.29) is 22.5 Å². The van der Waals surface area contributed by atoms with Gasteiger partial charge in [-0.05, 0) is 35.9 Å². The largest absolute Gasteiger partial charge is 0.507 e. The average Bonchev–Trinajstić information content (AvgIpc) is 2.60. The number of esters is 1. The van der Waals surface area contributed by atoms with Crippen molar-refractivity contribution in [2.24, 2.45) is 0 Å². The lowest BCUT2D eigenvalue weighted by atomic mass is 9.99. The van der Waals surface area contributed by atoms with Crippen molar-refractivity contribution >= 4 is 22.6 Å². The Morgan fingerprint density at radius 1 is 1.25 bits per heavy atom. The third-order valence-electron chi connectivity index (χ3n) is 3.64. The fourth-order valence-electron chi connectivity index (χ4n) is 2.52. The highest BCUT2D eigenvalue weighted by Gasteiger charge is 2.23. The van der Waals surface area contributed by atoms with Crippen molar-refractivity contribution in [3.63, 3.8) is 0 Å². The van der Waals surface area contributed by atoms with Gasteiger partial charge in [-0.25, -0.2) is 9.78 Å². The van der Waals surface area contributed by atoms with Crippen molar-refractivity contribution in [3.8, 4) is 16.9 Å². The maximum absolute atomic E-state index is 11.6. The lowest BCUT2D eigenvalue weighted by Crippen LogP contribution is -2.00. The number of benzene rings is 2. The predicted molar refractivity (Wildman–Crippen MR) is 86.8 cm³/mol. The van der Waals surface area contributed by atoms with Gasteiger partial charge in [0.15, 0.2) is 5.52 Å². The van der Waals surface area contributed by atoms with Crippen molar-refractivity contribution in [2.75, 3.05) is 7.11 Å². The minimum Gasteiger partial charge on any atom is -0.507 e. The summed E-state index contributed by atoms with van der Waals surface area (Å²) in [6.07, 6.45) is 1.43. The predicted octanol–water partition coefficient (Wildman–Crippen LogP) is 3.30. The number of aromatic hydroxyl groups is 1. The Balaban J connectivity index is 2.24. The van der Waals surface area contributed by atoms with Gasteiger partial charge in [-0.1, -0.05) is 12.1 Å². The van der Waals surface area contributed by atoms with E-state index < -0.39 is 10.9 Å². The number of pyridine rings is 1. The van der Waals surface area contributed by atoms with Crippen molar-refractivity contribution in [1.29, 1.82) is 0 Å². The van der Waals surface area contributed by atoms with E-state index in [2.05, 4.69) is 9.72 Å². The summed E-state index contributed by atoms with van der Waals surface area (Å²) in [5.41, 5.74) is 0.938. The summed E-state index contributed by atoms with van der Waals surface area (Å²) in [5.74, 6) is -0.602. The van der Waals surface area contributed by atoms with Gasteiger partial charge in [-0.3, -0.25) is 10.1 Å². The first kappa shape index (κ1) is 15.4. The van der Waals surface area contributed by atoms with E-state index in [1.807, 2.05) is 0 Å². The van der Waals surface area contributed by atoms with Crippen LogP contribution in [-0.2, 0) is 4.74 Å². The van der Waals surface area contributed by atoms with Crippen LogP contribution < -0.4 is 0 Å². The Morgan fingerprint density at radius 2 is 1.96 bits per heavy atom. The van der Waals surface area contributed by atoms with Gasteiger partial charge < -0.3 is 9.84 Å². The number of nitro benzene ring substituents is 1. The van der Waals surface area contributed by atoms with Gasteiger partial charge in [0.2, 0.25) is 0 Å². The van der Waals surface area contributed by atoms with Gasteiger partial charge in [0.25, 0.3) is 0 Å². The molecule has 0 saturated carbocycles. The van der Waals surface area contributed by atoms with Crippen molar-refractivity contribution < 1.29 is 19.6 Å². The molecule has 1 N–H and O–H groups in total. The third kappa shape index (κ3) is 2.52. The number of ether oxygens (including phenoxy) is 1. The monoisotopic (exact) mass is 324 g/mol. The van der Waals surface area contributed by atoms with E-state index in [9.17, 15) is 20.0 Å². The van der Waals surface area contributed by atoms with E-state index in [0.717, 1.165) is 0 Å². The van der Waals surface area contributed by atoms with Crippen LogP contribution in [-0.4, -0.2) is 28.1 Å². The normalized spacial score (nSPS) is 10.5. The molecule has 0 saturated heterocycles. The molecule has 0 atom stereocenters. The van der Waals surface area contributed by atoms with Crippen LogP contribution in [0.4, 0.5) is 5.69 Å². The smallest absolute Gasteiger partial charge is 0.337 e. The molecule has 1 aromatic heterocycles. The molecule has 2 aromatic carbocycles. The molecule has 0 unspecified atom stereocenters. The second-order valence-corrected chi connectivity index (χ2v) is 5.02. The first-order valence-corrected chi connectivity index (χ1v) is 6.96. The van der Waals surface area contributed by atoms with Crippen molar-refractivity contribution in [2.45, 2.75) is 0 Å². The van der Waals surface area contributed by atoms with Crippen LogP contribution in [0.3, 0.4) is 0 Å². The molecule has 7 heteroatoms. The number of hydrogen-bond acceptors (Lipinski definition) is 6. The fraction of sp³-hybridized carbons (Fsp3) is 0.0588. The van der Waals surface area contributed by atoms with E-state index in [4.69, 9.17) is 0 Å². The van der Waals surface area contributed by atoms with E-state index in [1.54, 1.807) is 24.3 Å². The van der Waals surface area contributed by atoms with Crippen LogP contribution in [0.15, 0.2) is 48.7 Å². The number of aromatic nitrogens is 1. The third-order valence-corrected chi connectivity index (χ3v) is 3.64. The summed E-state index contributed by atoms with van der Waals surface area (Å²) in [4.78, 5) is 26.5. The van der Waals surface area contributed by atoms with Crippen LogP contribution in [0, 0.1) is 10.1 Å². The van der Waals surface area contributed by atoms with Gasteiger partial charge in [-0.15, -0.1) is 0 Å². The molecule has 0 aliphatic rings. The summed E-state index contributed by atoms with van der Waals surface area (Å²) in [7, 11) is 1.27. The number of nitrogens with zero attached hydrogens (tertiary/aromatic N) is 2. The Labute approximate surface area is 136 Å². The van der Waals surface area contributed by atoms with Crippen LogP contribution in [0.5, 0.6) is 5.75 Å². The molecular formula is C17H12N2O5. The highest BCUT2D eigenvalue weighted by Crippen LogP contribution is 2.40. The SMILES string of the molecule is COC(=O)c1ccc(-c2cc(O)c3cccnc3c2[N+](=O)[O-])cc1.